The number of hydrogen-bond donors (Lipinski definition) is 1. The Bertz CT molecular complexity index is 292. The Morgan fingerprint density at radius 2 is 1.50 bits per heavy atom. The van der Waals surface area contributed by atoms with Crippen LogP contribution in [-0.4, -0.2) is 47.3 Å². The standard InChI is InChI=1S/C8H20O7S2Si/c1-4-12-18(13-5-2,14-6-3)8-7-16-15-17(9,10)11/h4-8H2,1-3H3,(H,9,10,11). The molecule has 0 fully saturated rings. The average molecular weight is 320 g/mol. The third-order valence-electron chi connectivity index (χ3n) is 1.72. The molecular weight excluding hydrogens is 300 g/mol. The largest absolute Gasteiger partial charge is 0.501 e. The third-order valence-corrected chi connectivity index (χ3v) is 6.57. The predicted octanol–water partition coefficient (Wildman–Crippen LogP) is 1.50. The first-order valence-electron chi connectivity index (χ1n) is 5.59. The maximum Gasteiger partial charge on any atom is 0.501 e. The summed E-state index contributed by atoms with van der Waals surface area (Å²) in [4.78, 5) is 0. The lowest BCUT2D eigenvalue weighted by atomic mass is 10.9. The highest BCUT2D eigenvalue weighted by atomic mass is 32.3. The van der Waals surface area contributed by atoms with Gasteiger partial charge in [-0.1, -0.05) is 0 Å². The lowest BCUT2D eigenvalue weighted by molar-refractivity contribution is 0.0728. The van der Waals surface area contributed by atoms with Crippen LogP contribution in [0.2, 0.25) is 6.04 Å². The van der Waals surface area contributed by atoms with Crippen molar-refractivity contribution in [1.82, 2.24) is 0 Å². The van der Waals surface area contributed by atoms with E-state index in [9.17, 15) is 8.42 Å². The fourth-order valence-electron chi connectivity index (χ4n) is 1.26. The molecule has 0 unspecified atom stereocenters. The molecule has 1 N–H and O–H groups in total. The van der Waals surface area contributed by atoms with Crippen molar-refractivity contribution in [3.8, 4) is 0 Å². The van der Waals surface area contributed by atoms with E-state index < -0.39 is 19.2 Å². The van der Waals surface area contributed by atoms with Gasteiger partial charge in [-0.15, -0.1) is 0 Å². The molecule has 0 heterocycles. The molecule has 0 saturated carbocycles. The van der Waals surface area contributed by atoms with Gasteiger partial charge in [0, 0.05) is 43.7 Å². The van der Waals surface area contributed by atoms with Crippen molar-refractivity contribution in [3.05, 3.63) is 0 Å². The van der Waals surface area contributed by atoms with E-state index in [2.05, 4.69) is 3.63 Å². The predicted molar refractivity (Wildman–Crippen MR) is 70.5 cm³/mol. The lowest BCUT2D eigenvalue weighted by Gasteiger charge is -2.28. The summed E-state index contributed by atoms with van der Waals surface area (Å²) in [6.45, 7) is 6.87. The van der Waals surface area contributed by atoms with Crippen LogP contribution in [0.5, 0.6) is 0 Å². The van der Waals surface area contributed by atoms with E-state index in [-0.39, 0.29) is 5.75 Å². The Morgan fingerprint density at radius 1 is 1.06 bits per heavy atom. The second-order valence-electron chi connectivity index (χ2n) is 3.05. The van der Waals surface area contributed by atoms with Crippen LogP contribution in [0.3, 0.4) is 0 Å². The zero-order valence-corrected chi connectivity index (χ0v) is 13.4. The van der Waals surface area contributed by atoms with Crippen LogP contribution < -0.4 is 0 Å². The molecule has 0 saturated heterocycles. The molecule has 0 amide bonds. The normalized spacial score (nSPS) is 12.9. The molecule has 10 heteroatoms. The SMILES string of the molecule is CCO[Si](CCSOS(=O)(=O)O)(OCC)OCC. The molecule has 0 aliphatic heterocycles. The molecule has 0 rings (SSSR count). The van der Waals surface area contributed by atoms with Gasteiger partial charge in [-0.25, -0.2) is 0 Å². The third kappa shape index (κ3) is 8.42. The summed E-state index contributed by atoms with van der Waals surface area (Å²) >= 11 is 0.621. The molecule has 110 valence electrons. The van der Waals surface area contributed by atoms with Gasteiger partial charge in [0.1, 0.15) is 0 Å². The van der Waals surface area contributed by atoms with E-state index >= 15 is 0 Å². The molecule has 0 bridgehead atoms. The molecule has 0 aromatic heterocycles. The highest BCUT2D eigenvalue weighted by molar-refractivity contribution is 8.02. The van der Waals surface area contributed by atoms with Gasteiger partial charge in [-0.05, 0) is 20.8 Å². The summed E-state index contributed by atoms with van der Waals surface area (Å²) in [5.74, 6) is 0.284. The van der Waals surface area contributed by atoms with Crippen molar-refractivity contribution in [3.63, 3.8) is 0 Å². The highest BCUT2D eigenvalue weighted by Gasteiger charge is 2.40. The Kier molecular flexibility index (Phi) is 9.42. The summed E-state index contributed by atoms with van der Waals surface area (Å²) in [6.07, 6.45) is 0. The van der Waals surface area contributed by atoms with Gasteiger partial charge in [-0.3, -0.25) is 4.55 Å². The maximum atomic E-state index is 10.4. The van der Waals surface area contributed by atoms with E-state index in [1.54, 1.807) is 0 Å². The smallest absolute Gasteiger partial charge is 0.374 e. The molecule has 0 spiro atoms. The van der Waals surface area contributed by atoms with Crippen molar-refractivity contribution in [2.75, 3.05) is 25.6 Å². The lowest BCUT2D eigenvalue weighted by Crippen LogP contribution is -2.46. The van der Waals surface area contributed by atoms with Gasteiger partial charge in [0.05, 0.1) is 0 Å². The average Bonchev–Trinajstić information content (AvgIpc) is 2.24. The molecule has 7 nitrogen and oxygen atoms in total. The van der Waals surface area contributed by atoms with Crippen LogP contribution in [0.15, 0.2) is 0 Å². The summed E-state index contributed by atoms with van der Waals surface area (Å²) in [5.41, 5.74) is 0. The van der Waals surface area contributed by atoms with Crippen LogP contribution >= 0.6 is 12.0 Å². The van der Waals surface area contributed by atoms with Crippen LogP contribution in [0.25, 0.3) is 0 Å². The fraction of sp³-hybridized carbons (Fsp3) is 1.00. The first-order valence-corrected chi connectivity index (χ1v) is 9.80. The highest BCUT2D eigenvalue weighted by Crippen LogP contribution is 2.20. The summed E-state index contributed by atoms with van der Waals surface area (Å²) in [6, 6.07) is 0.405. The zero-order valence-electron chi connectivity index (χ0n) is 10.7. The molecule has 18 heavy (non-hydrogen) atoms. The Balaban J connectivity index is 4.29. The minimum absolute atomic E-state index is 0.284. The van der Waals surface area contributed by atoms with E-state index in [1.165, 1.54) is 0 Å². The van der Waals surface area contributed by atoms with Gasteiger partial charge in [-0.2, -0.15) is 12.0 Å². The Morgan fingerprint density at radius 3 is 1.83 bits per heavy atom. The molecule has 0 aliphatic rings. The van der Waals surface area contributed by atoms with E-state index in [0.29, 0.717) is 37.9 Å². The minimum atomic E-state index is -4.42. The van der Waals surface area contributed by atoms with Gasteiger partial charge < -0.3 is 13.3 Å². The topological polar surface area (TPSA) is 91.3 Å². The molecule has 0 aromatic rings. The molecule has 0 radical (unpaired) electrons. The van der Waals surface area contributed by atoms with Gasteiger partial charge in [0.2, 0.25) is 0 Å². The molecule has 0 atom stereocenters. The van der Waals surface area contributed by atoms with E-state index in [4.69, 9.17) is 17.8 Å². The number of rotatable bonds is 11. The van der Waals surface area contributed by atoms with Crippen LogP contribution in [0, 0.1) is 0 Å². The van der Waals surface area contributed by atoms with Crippen LogP contribution in [0.4, 0.5) is 0 Å². The quantitative estimate of drug-likeness (QED) is 0.265. The van der Waals surface area contributed by atoms with Crippen molar-refractivity contribution in [1.29, 1.82) is 0 Å². The summed E-state index contributed by atoms with van der Waals surface area (Å²) in [5, 5.41) is 0. The fourth-order valence-corrected chi connectivity index (χ4v) is 5.36. The first-order chi connectivity index (χ1) is 8.39. The summed E-state index contributed by atoms with van der Waals surface area (Å²) < 4.78 is 50.0. The van der Waals surface area contributed by atoms with Crippen LogP contribution in [0.1, 0.15) is 20.8 Å². The monoisotopic (exact) mass is 320 g/mol. The van der Waals surface area contributed by atoms with Gasteiger partial charge in [0.25, 0.3) is 0 Å². The van der Waals surface area contributed by atoms with Crippen molar-refractivity contribution in [2.45, 2.75) is 26.8 Å². The second kappa shape index (κ2) is 9.26. The van der Waals surface area contributed by atoms with E-state index in [0.717, 1.165) is 0 Å². The van der Waals surface area contributed by atoms with Crippen molar-refractivity contribution < 1.29 is 29.9 Å². The molecule has 0 aromatic carbocycles. The maximum absolute atomic E-state index is 10.4. The zero-order chi connectivity index (χ0) is 14.1. The second-order valence-corrected chi connectivity index (χ2v) is 7.83. The first kappa shape index (κ1) is 18.3. The minimum Gasteiger partial charge on any atom is -0.374 e. The summed E-state index contributed by atoms with van der Waals surface area (Å²) in [7, 11) is -7.19. The van der Waals surface area contributed by atoms with Gasteiger partial charge >= 0.3 is 19.2 Å². The Labute approximate surface area is 114 Å². The molecular formula is C8H20O7S2Si. The van der Waals surface area contributed by atoms with Crippen molar-refractivity contribution in [2.24, 2.45) is 0 Å². The van der Waals surface area contributed by atoms with E-state index in [1.807, 2.05) is 20.8 Å². The number of hydrogen-bond acceptors (Lipinski definition) is 7. The van der Waals surface area contributed by atoms with Gasteiger partial charge in [0.15, 0.2) is 0 Å². The Hall–Kier alpha value is 0.317. The van der Waals surface area contributed by atoms with Crippen LogP contribution in [-0.2, 0) is 27.3 Å². The molecule has 0 aliphatic carbocycles. The van der Waals surface area contributed by atoms with Crippen molar-refractivity contribution >= 4 is 31.2 Å².